The Morgan fingerprint density at radius 2 is 1.46 bits per heavy atom. The first-order valence-corrected chi connectivity index (χ1v) is 16.4. The zero-order chi connectivity index (χ0) is 32.4. The van der Waals surface area contributed by atoms with E-state index in [0.717, 1.165) is 63.3 Å². The summed E-state index contributed by atoms with van der Waals surface area (Å²) in [6.07, 6.45) is 6.10. The van der Waals surface area contributed by atoms with Crippen molar-refractivity contribution in [2.75, 3.05) is 23.5 Å². The molecule has 6 heteroatoms. The molecule has 0 atom stereocenters. The molecule has 0 amide bonds. The standard InChI is InChI=1S/C42H35N5O/c1-42(2)34-15-5-7-19-39(34)48-41-35(42)16-11-18-37(41)46(30-13-10-12-29(26-30)45-25-24-44(3)28-45)31-21-22-33-32-14-4-6-17-36(32)47(38(33)27-31)40-20-8-9-23-43-40/h4-27H,28H2,1-3H3. The molecule has 5 aromatic carbocycles. The summed E-state index contributed by atoms with van der Waals surface area (Å²) in [5, 5.41) is 2.38. The van der Waals surface area contributed by atoms with Crippen LogP contribution < -0.4 is 14.5 Å². The molecule has 0 N–H and O–H groups in total. The van der Waals surface area contributed by atoms with Crippen molar-refractivity contribution >= 4 is 44.6 Å². The molecule has 0 spiro atoms. The maximum atomic E-state index is 6.86. The molecule has 0 radical (unpaired) electrons. The quantitative estimate of drug-likeness (QED) is 0.190. The van der Waals surface area contributed by atoms with E-state index in [1.165, 1.54) is 16.3 Å². The van der Waals surface area contributed by atoms with Gasteiger partial charge in [0, 0.05) is 70.0 Å². The molecule has 0 aliphatic carbocycles. The summed E-state index contributed by atoms with van der Waals surface area (Å²) >= 11 is 0. The minimum Gasteiger partial charge on any atom is -0.455 e. The van der Waals surface area contributed by atoms with Gasteiger partial charge in [-0.2, -0.15) is 0 Å². The number of benzene rings is 5. The van der Waals surface area contributed by atoms with Gasteiger partial charge in [0.15, 0.2) is 5.75 Å². The van der Waals surface area contributed by atoms with E-state index < -0.39 is 0 Å². The van der Waals surface area contributed by atoms with Gasteiger partial charge in [0.1, 0.15) is 11.6 Å². The average molecular weight is 626 g/mol. The summed E-state index contributed by atoms with van der Waals surface area (Å²) < 4.78 is 9.12. The van der Waals surface area contributed by atoms with Gasteiger partial charge in [0.25, 0.3) is 0 Å². The lowest BCUT2D eigenvalue weighted by atomic mass is 9.75. The number of para-hydroxylation sites is 3. The Kier molecular flexibility index (Phi) is 6.34. The normalized spacial score (nSPS) is 14.6. The molecule has 0 saturated heterocycles. The van der Waals surface area contributed by atoms with Gasteiger partial charge in [-0.05, 0) is 60.7 Å². The highest BCUT2D eigenvalue weighted by Gasteiger charge is 2.36. The van der Waals surface area contributed by atoms with Crippen molar-refractivity contribution in [3.8, 4) is 17.3 Å². The van der Waals surface area contributed by atoms with Crippen LogP contribution in [0.1, 0.15) is 25.0 Å². The van der Waals surface area contributed by atoms with Gasteiger partial charge in [-0.1, -0.05) is 80.6 Å². The fourth-order valence-corrected chi connectivity index (χ4v) is 7.39. The summed E-state index contributed by atoms with van der Waals surface area (Å²) in [4.78, 5) is 11.6. The molecule has 0 fully saturated rings. The molecular formula is C42H35N5O. The number of nitrogens with zero attached hydrogens (tertiary/aromatic N) is 5. The first-order valence-electron chi connectivity index (χ1n) is 16.4. The first kappa shape index (κ1) is 28.2. The van der Waals surface area contributed by atoms with Gasteiger partial charge >= 0.3 is 0 Å². The Morgan fingerprint density at radius 3 is 2.31 bits per heavy atom. The third-order valence-electron chi connectivity index (χ3n) is 9.77. The summed E-state index contributed by atoms with van der Waals surface area (Å²) in [5.41, 5.74) is 8.51. The van der Waals surface area contributed by atoms with Gasteiger partial charge in [-0.15, -0.1) is 0 Å². The number of anilines is 4. The Balaban J connectivity index is 1.30. The van der Waals surface area contributed by atoms with Crippen LogP contribution in [0.3, 0.4) is 0 Å². The zero-order valence-corrected chi connectivity index (χ0v) is 27.2. The van der Waals surface area contributed by atoms with Crippen LogP contribution in [0.2, 0.25) is 0 Å². The second kappa shape index (κ2) is 10.8. The summed E-state index contributed by atoms with van der Waals surface area (Å²) in [5.74, 6) is 2.66. The summed E-state index contributed by atoms with van der Waals surface area (Å²) in [7, 11) is 2.09. The lowest BCUT2D eigenvalue weighted by molar-refractivity contribution is 0.419. The predicted molar refractivity (Wildman–Crippen MR) is 196 cm³/mol. The van der Waals surface area contributed by atoms with Crippen LogP contribution in [-0.2, 0) is 5.41 Å². The lowest BCUT2D eigenvalue weighted by Crippen LogP contribution is -2.25. The number of hydrogen-bond donors (Lipinski definition) is 0. The fraction of sp³-hybridized carbons (Fsp3) is 0.119. The maximum absolute atomic E-state index is 6.86. The minimum atomic E-state index is -0.242. The van der Waals surface area contributed by atoms with Gasteiger partial charge in [0.2, 0.25) is 0 Å². The number of rotatable bonds is 5. The molecule has 4 heterocycles. The van der Waals surface area contributed by atoms with E-state index in [-0.39, 0.29) is 5.41 Å². The molecule has 7 aromatic rings. The van der Waals surface area contributed by atoms with Crippen molar-refractivity contribution in [2.45, 2.75) is 19.3 Å². The Bertz CT molecular complexity index is 2370. The van der Waals surface area contributed by atoms with Gasteiger partial charge in [-0.25, -0.2) is 4.98 Å². The van der Waals surface area contributed by atoms with Crippen LogP contribution in [0, 0.1) is 0 Å². The van der Waals surface area contributed by atoms with E-state index >= 15 is 0 Å². The van der Waals surface area contributed by atoms with Crippen molar-refractivity contribution in [2.24, 2.45) is 0 Å². The zero-order valence-electron chi connectivity index (χ0n) is 27.2. The van der Waals surface area contributed by atoms with Crippen LogP contribution in [0.4, 0.5) is 22.7 Å². The van der Waals surface area contributed by atoms with Crippen molar-refractivity contribution in [1.29, 1.82) is 0 Å². The second-order valence-corrected chi connectivity index (χ2v) is 13.1. The molecule has 0 bridgehead atoms. The molecule has 9 rings (SSSR count). The molecule has 6 nitrogen and oxygen atoms in total. The highest BCUT2D eigenvalue weighted by Crippen LogP contribution is 2.53. The van der Waals surface area contributed by atoms with Crippen molar-refractivity contribution in [1.82, 2.24) is 14.5 Å². The molecule has 2 aliphatic rings. The number of ether oxygens (including phenoxy) is 1. The number of pyridine rings is 1. The smallest absolute Gasteiger partial charge is 0.155 e. The van der Waals surface area contributed by atoms with E-state index in [4.69, 9.17) is 9.72 Å². The Morgan fingerprint density at radius 1 is 0.688 bits per heavy atom. The topological polar surface area (TPSA) is 36.8 Å². The first-order chi connectivity index (χ1) is 23.5. The Labute approximate surface area is 280 Å². The highest BCUT2D eigenvalue weighted by molar-refractivity contribution is 6.10. The third-order valence-corrected chi connectivity index (χ3v) is 9.77. The second-order valence-electron chi connectivity index (χ2n) is 13.1. The molecule has 0 saturated carbocycles. The largest absolute Gasteiger partial charge is 0.455 e. The molecule has 0 unspecified atom stereocenters. The summed E-state index contributed by atoms with van der Waals surface area (Å²) in [6, 6.07) is 45.1. The van der Waals surface area contributed by atoms with E-state index in [1.54, 1.807) is 0 Å². The predicted octanol–water partition coefficient (Wildman–Crippen LogP) is 10.3. The SMILES string of the molecule is CN1C=CN(c2cccc(N(c3ccc4c5ccccc5n(-c5ccccn5)c4c3)c3cccc4c3Oc3ccccc3C4(C)C)c2)C1. The summed E-state index contributed by atoms with van der Waals surface area (Å²) in [6.45, 7) is 5.37. The van der Waals surface area contributed by atoms with Crippen molar-refractivity contribution in [3.63, 3.8) is 0 Å². The Hall–Kier alpha value is -6.01. The third kappa shape index (κ3) is 4.37. The fourth-order valence-electron chi connectivity index (χ4n) is 7.39. The van der Waals surface area contributed by atoms with Gasteiger partial charge in [-0.3, -0.25) is 4.57 Å². The van der Waals surface area contributed by atoms with E-state index in [0.29, 0.717) is 0 Å². The molecular weight excluding hydrogens is 590 g/mol. The van der Waals surface area contributed by atoms with Gasteiger partial charge < -0.3 is 19.4 Å². The van der Waals surface area contributed by atoms with Crippen molar-refractivity contribution in [3.05, 3.63) is 157 Å². The minimum absolute atomic E-state index is 0.242. The van der Waals surface area contributed by atoms with Gasteiger partial charge in [0.05, 0.1) is 23.4 Å². The molecule has 2 aliphatic heterocycles. The average Bonchev–Trinajstić information content (AvgIpc) is 3.70. The monoisotopic (exact) mass is 625 g/mol. The molecule has 234 valence electrons. The lowest BCUT2D eigenvalue weighted by Gasteiger charge is -2.37. The van der Waals surface area contributed by atoms with Crippen LogP contribution >= 0.6 is 0 Å². The van der Waals surface area contributed by atoms with Crippen molar-refractivity contribution < 1.29 is 4.74 Å². The van der Waals surface area contributed by atoms with E-state index in [9.17, 15) is 0 Å². The van der Waals surface area contributed by atoms with E-state index in [1.807, 2.05) is 18.3 Å². The highest BCUT2D eigenvalue weighted by atomic mass is 16.5. The molecule has 48 heavy (non-hydrogen) atoms. The number of fused-ring (bicyclic) bond motifs is 5. The molecule has 2 aromatic heterocycles. The number of aromatic nitrogens is 2. The van der Waals surface area contributed by atoms with E-state index in [2.05, 4.69) is 168 Å². The van der Waals surface area contributed by atoms with Crippen LogP contribution in [-0.4, -0.2) is 28.2 Å². The van der Waals surface area contributed by atoms with Crippen LogP contribution in [0.15, 0.2) is 146 Å². The van der Waals surface area contributed by atoms with Crippen LogP contribution in [0.25, 0.3) is 27.6 Å². The van der Waals surface area contributed by atoms with Crippen LogP contribution in [0.5, 0.6) is 11.5 Å². The number of hydrogen-bond acceptors (Lipinski definition) is 5. The maximum Gasteiger partial charge on any atom is 0.155 e.